The molecular weight excluding hydrogens is 362 g/mol. The highest BCUT2D eigenvalue weighted by Crippen LogP contribution is 2.11. The van der Waals surface area contributed by atoms with Crippen molar-refractivity contribution in [1.29, 1.82) is 0 Å². The van der Waals surface area contributed by atoms with Crippen LogP contribution in [0.3, 0.4) is 0 Å². The lowest BCUT2D eigenvalue weighted by Gasteiger charge is -2.26. The van der Waals surface area contributed by atoms with Crippen LogP contribution in [0.4, 0.5) is 8.78 Å². The van der Waals surface area contributed by atoms with Gasteiger partial charge < -0.3 is 15.4 Å². The lowest BCUT2D eigenvalue weighted by Crippen LogP contribution is -2.36. The van der Waals surface area contributed by atoms with Crippen LogP contribution in [0.2, 0.25) is 0 Å². The molecule has 0 unspecified atom stereocenters. The summed E-state index contributed by atoms with van der Waals surface area (Å²) in [5.74, 6) is -0.374. The third-order valence-corrected chi connectivity index (χ3v) is 4.64. The van der Waals surface area contributed by atoms with E-state index < -0.39 is 11.6 Å². The van der Waals surface area contributed by atoms with Gasteiger partial charge in [0.15, 0.2) is 5.96 Å². The average molecular weight is 388 g/mol. The van der Waals surface area contributed by atoms with Gasteiger partial charge in [-0.25, -0.2) is 8.78 Å². The predicted octanol–water partition coefficient (Wildman–Crippen LogP) is 2.66. The number of nitrogens with zero attached hydrogens (tertiary/aromatic N) is 2. The van der Waals surface area contributed by atoms with Crippen molar-refractivity contribution in [2.45, 2.75) is 19.6 Å². The van der Waals surface area contributed by atoms with Crippen LogP contribution in [-0.2, 0) is 24.4 Å². The monoisotopic (exact) mass is 388 g/mol. The van der Waals surface area contributed by atoms with E-state index in [9.17, 15) is 8.78 Å². The minimum absolute atomic E-state index is 0.153. The van der Waals surface area contributed by atoms with Gasteiger partial charge in [-0.15, -0.1) is 0 Å². The molecule has 0 bridgehead atoms. The average Bonchev–Trinajstić information content (AvgIpc) is 2.71. The molecule has 2 aromatic rings. The maximum absolute atomic E-state index is 13.7. The summed E-state index contributed by atoms with van der Waals surface area (Å²) in [6.07, 6.45) is 0. The second kappa shape index (κ2) is 10.1. The number of morpholine rings is 1. The lowest BCUT2D eigenvalue weighted by molar-refractivity contribution is 0.0342. The summed E-state index contributed by atoms with van der Waals surface area (Å²) in [5.41, 5.74) is 2.65. The van der Waals surface area contributed by atoms with Crippen molar-refractivity contribution >= 4 is 5.96 Å². The third-order valence-electron chi connectivity index (χ3n) is 4.64. The highest BCUT2D eigenvalue weighted by atomic mass is 19.1. The van der Waals surface area contributed by atoms with E-state index in [0.717, 1.165) is 50.5 Å². The standard InChI is InChI=1S/C21H26F2N4O/c1-24-21(26-14-18-12-19(22)5-6-20(18)23)25-13-16-3-2-4-17(11-16)15-27-7-9-28-10-8-27/h2-6,11-12H,7-10,13-15H2,1H3,(H2,24,25,26). The zero-order chi connectivity index (χ0) is 19.8. The third kappa shape index (κ3) is 6.00. The number of hydrogen-bond acceptors (Lipinski definition) is 3. The van der Waals surface area contributed by atoms with Crippen molar-refractivity contribution in [1.82, 2.24) is 15.5 Å². The Bertz CT molecular complexity index is 807. The Morgan fingerprint density at radius 3 is 2.57 bits per heavy atom. The Hall–Kier alpha value is -2.51. The Morgan fingerprint density at radius 1 is 1.04 bits per heavy atom. The molecule has 5 nitrogen and oxygen atoms in total. The van der Waals surface area contributed by atoms with Crippen molar-refractivity contribution in [2.24, 2.45) is 4.99 Å². The van der Waals surface area contributed by atoms with Gasteiger partial charge in [0.2, 0.25) is 0 Å². The van der Waals surface area contributed by atoms with Gasteiger partial charge in [0.05, 0.1) is 13.2 Å². The van der Waals surface area contributed by atoms with Gasteiger partial charge in [0.25, 0.3) is 0 Å². The van der Waals surface area contributed by atoms with Gasteiger partial charge >= 0.3 is 0 Å². The number of rotatable bonds is 6. The van der Waals surface area contributed by atoms with Gasteiger partial charge in [-0.2, -0.15) is 0 Å². The first-order chi connectivity index (χ1) is 13.6. The van der Waals surface area contributed by atoms with Crippen LogP contribution in [0.1, 0.15) is 16.7 Å². The van der Waals surface area contributed by atoms with Gasteiger partial charge in [-0.1, -0.05) is 24.3 Å². The summed E-state index contributed by atoms with van der Waals surface area (Å²) in [7, 11) is 1.64. The van der Waals surface area contributed by atoms with E-state index in [4.69, 9.17) is 4.74 Å². The molecule has 3 rings (SSSR count). The summed E-state index contributed by atoms with van der Waals surface area (Å²) >= 11 is 0. The summed E-state index contributed by atoms with van der Waals surface area (Å²) in [6, 6.07) is 11.8. The largest absolute Gasteiger partial charge is 0.379 e. The topological polar surface area (TPSA) is 48.9 Å². The summed E-state index contributed by atoms with van der Waals surface area (Å²) in [5, 5.41) is 6.22. The van der Waals surface area contributed by atoms with Crippen LogP contribution < -0.4 is 10.6 Å². The molecule has 0 radical (unpaired) electrons. The highest BCUT2D eigenvalue weighted by Gasteiger charge is 2.11. The molecule has 2 aromatic carbocycles. The molecule has 0 aromatic heterocycles. The molecule has 1 fully saturated rings. The van der Waals surface area contributed by atoms with Crippen LogP contribution in [0.5, 0.6) is 0 Å². The molecule has 28 heavy (non-hydrogen) atoms. The van der Waals surface area contributed by atoms with Gasteiger partial charge in [-0.3, -0.25) is 9.89 Å². The fraction of sp³-hybridized carbons (Fsp3) is 0.381. The second-order valence-corrected chi connectivity index (χ2v) is 6.72. The molecule has 1 saturated heterocycles. The summed E-state index contributed by atoms with van der Waals surface area (Å²) < 4.78 is 32.4. The van der Waals surface area contributed by atoms with E-state index in [1.165, 1.54) is 11.6 Å². The zero-order valence-corrected chi connectivity index (χ0v) is 16.0. The highest BCUT2D eigenvalue weighted by molar-refractivity contribution is 5.79. The Morgan fingerprint density at radius 2 is 1.79 bits per heavy atom. The van der Waals surface area contributed by atoms with Crippen molar-refractivity contribution < 1.29 is 13.5 Å². The SMILES string of the molecule is CN=C(NCc1cccc(CN2CCOCC2)c1)NCc1cc(F)ccc1F. The Kier molecular flexibility index (Phi) is 7.33. The molecule has 2 N–H and O–H groups in total. The van der Waals surface area contributed by atoms with E-state index in [1.54, 1.807) is 7.05 Å². The minimum atomic E-state index is -0.460. The Balaban J connectivity index is 1.51. The van der Waals surface area contributed by atoms with Gasteiger partial charge in [-0.05, 0) is 29.3 Å². The van der Waals surface area contributed by atoms with E-state index in [0.29, 0.717) is 12.5 Å². The van der Waals surface area contributed by atoms with Gasteiger partial charge in [0, 0.05) is 45.3 Å². The maximum atomic E-state index is 13.7. The molecule has 150 valence electrons. The van der Waals surface area contributed by atoms with E-state index >= 15 is 0 Å². The fourth-order valence-electron chi connectivity index (χ4n) is 3.12. The minimum Gasteiger partial charge on any atom is -0.379 e. The molecule has 1 heterocycles. The summed E-state index contributed by atoms with van der Waals surface area (Å²) in [4.78, 5) is 6.52. The molecular formula is C21H26F2N4O. The van der Waals surface area contributed by atoms with Crippen LogP contribution >= 0.6 is 0 Å². The molecule has 0 saturated carbocycles. The van der Waals surface area contributed by atoms with Crippen molar-refractivity contribution in [3.63, 3.8) is 0 Å². The maximum Gasteiger partial charge on any atom is 0.191 e. The first-order valence-corrected chi connectivity index (χ1v) is 9.40. The number of benzene rings is 2. The van der Waals surface area contributed by atoms with Crippen molar-refractivity contribution in [3.8, 4) is 0 Å². The smallest absolute Gasteiger partial charge is 0.191 e. The van der Waals surface area contributed by atoms with Crippen LogP contribution in [-0.4, -0.2) is 44.2 Å². The van der Waals surface area contributed by atoms with Gasteiger partial charge in [0.1, 0.15) is 11.6 Å². The zero-order valence-electron chi connectivity index (χ0n) is 16.0. The molecule has 1 aliphatic heterocycles. The van der Waals surface area contributed by atoms with Crippen molar-refractivity contribution in [2.75, 3.05) is 33.4 Å². The predicted molar refractivity (Wildman–Crippen MR) is 106 cm³/mol. The number of aliphatic imine (C=N–C) groups is 1. The number of halogens is 2. The first-order valence-electron chi connectivity index (χ1n) is 9.40. The number of hydrogen-bond donors (Lipinski definition) is 2. The lowest BCUT2D eigenvalue weighted by atomic mass is 10.1. The van der Waals surface area contributed by atoms with Crippen LogP contribution in [0, 0.1) is 11.6 Å². The van der Waals surface area contributed by atoms with E-state index in [1.807, 2.05) is 6.07 Å². The van der Waals surface area contributed by atoms with E-state index in [2.05, 4.69) is 38.7 Å². The number of nitrogens with one attached hydrogen (secondary N) is 2. The first kappa shape index (κ1) is 20.2. The molecule has 0 atom stereocenters. The van der Waals surface area contributed by atoms with Crippen molar-refractivity contribution in [3.05, 3.63) is 70.8 Å². The Labute approximate surface area is 164 Å². The van der Waals surface area contributed by atoms with Crippen LogP contribution in [0.15, 0.2) is 47.5 Å². The number of ether oxygens (including phenoxy) is 1. The van der Waals surface area contributed by atoms with Crippen LogP contribution in [0.25, 0.3) is 0 Å². The molecule has 0 spiro atoms. The normalized spacial score (nSPS) is 15.5. The molecule has 0 aliphatic carbocycles. The number of guanidine groups is 1. The molecule has 7 heteroatoms. The van der Waals surface area contributed by atoms with E-state index in [-0.39, 0.29) is 12.1 Å². The second-order valence-electron chi connectivity index (χ2n) is 6.72. The molecule has 1 aliphatic rings. The summed E-state index contributed by atoms with van der Waals surface area (Å²) in [6.45, 7) is 5.13. The molecule has 0 amide bonds. The fourth-order valence-corrected chi connectivity index (χ4v) is 3.12. The quantitative estimate of drug-likeness (QED) is 0.590.